The van der Waals surface area contributed by atoms with Crippen molar-refractivity contribution in [1.82, 2.24) is 35.5 Å². The number of rotatable bonds is 7. The number of benzene rings is 3. The van der Waals surface area contributed by atoms with Crippen molar-refractivity contribution in [3.05, 3.63) is 83.7 Å². The number of aryl methyl sites for hydroxylation is 1. The van der Waals surface area contributed by atoms with Crippen LogP contribution in [-0.2, 0) is 17.8 Å². The molecule has 1 aliphatic heterocycles. The maximum atomic E-state index is 12.0. The second-order valence-corrected chi connectivity index (χ2v) is 9.60. The lowest BCUT2D eigenvalue weighted by molar-refractivity contribution is -0.123. The molecule has 0 spiro atoms. The minimum atomic E-state index is 0.0715. The van der Waals surface area contributed by atoms with Crippen LogP contribution in [0.25, 0.3) is 33.5 Å². The molecule has 8 nitrogen and oxygen atoms in total. The number of piperidine rings is 1. The van der Waals surface area contributed by atoms with Crippen molar-refractivity contribution in [2.75, 3.05) is 0 Å². The smallest absolute Gasteiger partial charge is 0.220 e. The summed E-state index contributed by atoms with van der Waals surface area (Å²) in [6.07, 6.45) is 4.46. The van der Waals surface area contributed by atoms with Crippen molar-refractivity contribution in [3.8, 4) is 22.5 Å². The van der Waals surface area contributed by atoms with E-state index in [2.05, 4.69) is 86.0 Å². The van der Waals surface area contributed by atoms with Crippen LogP contribution in [0.3, 0.4) is 0 Å². The van der Waals surface area contributed by atoms with Crippen LogP contribution in [0.5, 0.6) is 0 Å². The van der Waals surface area contributed by atoms with Crippen LogP contribution in [0.2, 0.25) is 0 Å². The Bertz CT molecular complexity index is 1540. The van der Waals surface area contributed by atoms with Gasteiger partial charge in [-0.15, -0.1) is 10.2 Å². The first-order valence-corrected chi connectivity index (χ1v) is 12.9. The van der Waals surface area contributed by atoms with Crippen molar-refractivity contribution in [3.63, 3.8) is 0 Å². The molecule has 3 aromatic carbocycles. The van der Waals surface area contributed by atoms with E-state index in [1.165, 1.54) is 5.56 Å². The molecule has 1 fully saturated rings. The van der Waals surface area contributed by atoms with Crippen molar-refractivity contribution in [2.45, 2.75) is 51.6 Å². The van der Waals surface area contributed by atoms with Crippen LogP contribution in [0.1, 0.15) is 55.6 Å². The summed E-state index contributed by atoms with van der Waals surface area (Å²) >= 11 is 0. The summed E-state index contributed by atoms with van der Waals surface area (Å²) in [5, 5.41) is 17.7. The zero-order valence-electron chi connectivity index (χ0n) is 20.8. The molecular weight excluding hydrogens is 462 g/mol. The number of carbonyl (C=O) groups excluding carboxylic acids is 1. The minimum absolute atomic E-state index is 0.0715. The van der Waals surface area contributed by atoms with E-state index in [1.54, 1.807) is 0 Å². The van der Waals surface area contributed by atoms with Gasteiger partial charge >= 0.3 is 0 Å². The largest absolute Gasteiger partial charge is 0.349 e. The number of hydrogen-bond acceptors (Lipinski definition) is 5. The summed E-state index contributed by atoms with van der Waals surface area (Å²) in [5.41, 5.74) is 7.58. The van der Waals surface area contributed by atoms with E-state index < -0.39 is 0 Å². The van der Waals surface area contributed by atoms with E-state index in [0.29, 0.717) is 12.2 Å². The number of hydrogen-bond donors (Lipinski definition) is 2. The Morgan fingerprint density at radius 1 is 1.03 bits per heavy atom. The molecule has 37 heavy (non-hydrogen) atoms. The monoisotopic (exact) mass is 491 g/mol. The third-order valence-electron chi connectivity index (χ3n) is 7.08. The van der Waals surface area contributed by atoms with Crippen molar-refractivity contribution < 1.29 is 4.79 Å². The molecule has 1 amide bonds. The molecule has 1 unspecified atom stereocenters. The van der Waals surface area contributed by atoms with Gasteiger partial charge in [0, 0.05) is 24.9 Å². The van der Waals surface area contributed by atoms with Gasteiger partial charge in [-0.25, -0.2) is 4.98 Å². The van der Waals surface area contributed by atoms with Gasteiger partial charge in [-0.2, -0.15) is 5.21 Å². The summed E-state index contributed by atoms with van der Waals surface area (Å²) in [4.78, 5) is 16.9. The predicted octanol–water partition coefficient (Wildman–Crippen LogP) is 5.23. The molecule has 0 radical (unpaired) electrons. The molecule has 1 atom stereocenters. The first-order chi connectivity index (χ1) is 18.2. The SMILES string of the molecule is CCCc1nc2ccc(C3CCCC(=O)N3)cc2n1Cc1ccc(-c2ccccc2-c2nn[nH]n2)cc1. The highest BCUT2D eigenvalue weighted by Gasteiger charge is 2.21. The lowest BCUT2D eigenvalue weighted by atomic mass is 9.97. The average molecular weight is 492 g/mol. The molecule has 6 rings (SSSR count). The highest BCUT2D eigenvalue weighted by molar-refractivity contribution is 5.81. The Balaban J connectivity index is 1.32. The molecule has 2 aromatic heterocycles. The number of imidazole rings is 1. The molecule has 186 valence electrons. The zero-order chi connectivity index (χ0) is 25.2. The maximum absolute atomic E-state index is 12.0. The average Bonchev–Trinajstić information content (AvgIpc) is 3.58. The van der Waals surface area contributed by atoms with Gasteiger partial charge in [0.05, 0.1) is 17.1 Å². The molecule has 0 bridgehead atoms. The van der Waals surface area contributed by atoms with Gasteiger partial charge in [0.15, 0.2) is 0 Å². The number of carbonyl (C=O) groups is 1. The fourth-order valence-corrected chi connectivity index (χ4v) is 5.23. The van der Waals surface area contributed by atoms with Crippen molar-refractivity contribution in [2.24, 2.45) is 0 Å². The second kappa shape index (κ2) is 9.97. The van der Waals surface area contributed by atoms with E-state index >= 15 is 0 Å². The first kappa shape index (κ1) is 23.1. The Morgan fingerprint density at radius 3 is 2.62 bits per heavy atom. The quantitative estimate of drug-likeness (QED) is 0.325. The van der Waals surface area contributed by atoms with Crippen LogP contribution in [-0.4, -0.2) is 36.1 Å². The lowest BCUT2D eigenvalue weighted by Crippen LogP contribution is -2.32. The predicted molar refractivity (Wildman–Crippen MR) is 143 cm³/mol. The highest BCUT2D eigenvalue weighted by atomic mass is 16.1. The van der Waals surface area contributed by atoms with Gasteiger partial charge in [0.2, 0.25) is 11.7 Å². The number of nitrogens with one attached hydrogen (secondary N) is 2. The standard InChI is InChI=1S/C29H29N7O/c1-2-6-27-30-25-16-15-21(24-9-5-10-28(37)31-24)17-26(25)36(27)18-19-11-13-20(14-12-19)22-7-3-4-8-23(22)29-32-34-35-33-29/h3-4,7-8,11-17,24H,2,5-6,9-10,18H2,1H3,(H,31,37)(H,32,33,34,35). The second-order valence-electron chi connectivity index (χ2n) is 9.60. The molecule has 0 saturated carbocycles. The maximum Gasteiger partial charge on any atom is 0.220 e. The topological polar surface area (TPSA) is 101 Å². The van der Waals surface area contributed by atoms with Gasteiger partial charge in [-0.05, 0) is 58.9 Å². The third-order valence-corrected chi connectivity index (χ3v) is 7.08. The number of fused-ring (bicyclic) bond motifs is 1. The number of H-pyrrole nitrogens is 1. The van der Waals surface area contributed by atoms with E-state index in [4.69, 9.17) is 4.98 Å². The summed E-state index contributed by atoms with van der Waals surface area (Å²) < 4.78 is 2.33. The number of amides is 1. The Kier molecular flexibility index (Phi) is 6.22. The summed E-state index contributed by atoms with van der Waals surface area (Å²) in [7, 11) is 0. The van der Waals surface area contributed by atoms with Crippen LogP contribution in [0.4, 0.5) is 0 Å². The van der Waals surface area contributed by atoms with Gasteiger partial charge in [0.25, 0.3) is 0 Å². The van der Waals surface area contributed by atoms with Crippen LogP contribution < -0.4 is 5.32 Å². The van der Waals surface area contributed by atoms with Crippen LogP contribution >= 0.6 is 0 Å². The molecular formula is C29H29N7O. The van der Waals surface area contributed by atoms with Crippen molar-refractivity contribution in [1.29, 1.82) is 0 Å². The van der Waals surface area contributed by atoms with Gasteiger partial charge in [-0.3, -0.25) is 4.79 Å². The molecule has 5 aromatic rings. The lowest BCUT2D eigenvalue weighted by Gasteiger charge is -2.23. The fraction of sp³-hybridized carbons (Fsp3) is 0.276. The van der Waals surface area contributed by atoms with Crippen LogP contribution in [0.15, 0.2) is 66.7 Å². The summed E-state index contributed by atoms with van der Waals surface area (Å²) in [6.45, 7) is 2.92. The third kappa shape index (κ3) is 4.62. The molecule has 1 saturated heterocycles. The fourth-order valence-electron chi connectivity index (χ4n) is 5.23. The number of aromatic amines is 1. The Labute approximate surface area is 215 Å². The normalized spacial score (nSPS) is 15.7. The van der Waals surface area contributed by atoms with Crippen LogP contribution in [0, 0.1) is 0 Å². The van der Waals surface area contributed by atoms with Gasteiger partial charge in [-0.1, -0.05) is 61.5 Å². The van der Waals surface area contributed by atoms with E-state index in [0.717, 1.165) is 71.3 Å². The van der Waals surface area contributed by atoms with Gasteiger partial charge < -0.3 is 9.88 Å². The number of tetrazole rings is 1. The number of nitrogens with zero attached hydrogens (tertiary/aromatic N) is 5. The Morgan fingerprint density at radius 2 is 1.86 bits per heavy atom. The summed E-state index contributed by atoms with van der Waals surface area (Å²) in [6, 6.07) is 23.2. The molecule has 0 aliphatic carbocycles. The molecule has 2 N–H and O–H groups in total. The molecule has 8 heteroatoms. The summed E-state index contributed by atoms with van der Waals surface area (Å²) in [5.74, 6) is 1.81. The Hall–Kier alpha value is -4.33. The van der Waals surface area contributed by atoms with Crippen molar-refractivity contribution >= 4 is 16.9 Å². The first-order valence-electron chi connectivity index (χ1n) is 12.9. The minimum Gasteiger partial charge on any atom is -0.349 e. The van der Waals surface area contributed by atoms with E-state index in [-0.39, 0.29) is 11.9 Å². The number of aromatic nitrogens is 6. The highest BCUT2D eigenvalue weighted by Crippen LogP contribution is 2.31. The molecule has 1 aliphatic rings. The molecule has 3 heterocycles. The van der Waals surface area contributed by atoms with Gasteiger partial charge in [0.1, 0.15) is 5.82 Å². The van der Waals surface area contributed by atoms with E-state index in [1.807, 2.05) is 18.2 Å². The van der Waals surface area contributed by atoms with E-state index in [9.17, 15) is 4.79 Å². The zero-order valence-corrected chi connectivity index (χ0v) is 20.8.